The fourth-order valence-electron chi connectivity index (χ4n) is 1.82. The third-order valence-electron chi connectivity index (χ3n) is 3.15. The molecule has 0 saturated heterocycles. The molecule has 0 aliphatic rings. The number of nitrogens with one attached hydrogen (secondary N) is 1. The van der Waals surface area contributed by atoms with E-state index in [0.29, 0.717) is 5.25 Å². The van der Waals surface area contributed by atoms with Gasteiger partial charge in [-0.2, -0.15) is 12.6 Å². The maximum Gasteiger partial charge on any atom is 0.240 e. The van der Waals surface area contributed by atoms with E-state index in [4.69, 9.17) is 0 Å². The van der Waals surface area contributed by atoms with Crippen LogP contribution in [0, 0.1) is 0 Å². The molecule has 0 aliphatic heterocycles. The molecular formula is C17H36N2OS. The maximum absolute atomic E-state index is 9.47. The highest BCUT2D eigenvalue weighted by Crippen LogP contribution is 2.07. The van der Waals surface area contributed by atoms with Crippen molar-refractivity contribution in [2.75, 3.05) is 13.1 Å². The number of unbranched alkanes of at least 4 members (excludes halogenated alkanes) is 7. The highest BCUT2D eigenvalue weighted by atomic mass is 32.1. The molecule has 1 unspecified atom stereocenters. The average molecular weight is 317 g/mol. The zero-order valence-electron chi connectivity index (χ0n) is 14.1. The van der Waals surface area contributed by atoms with Gasteiger partial charge in [-0.3, -0.25) is 4.79 Å². The topological polar surface area (TPSA) is 55.1 Å². The first-order valence-corrected chi connectivity index (χ1v) is 8.86. The van der Waals surface area contributed by atoms with Crippen LogP contribution in [0.3, 0.4) is 0 Å². The lowest BCUT2D eigenvalue weighted by Crippen LogP contribution is -2.18. The zero-order valence-corrected chi connectivity index (χ0v) is 15.0. The normalized spacial score (nSPS) is 11.4. The SMILES string of the molecule is C=CC(N)=O.CCCCCCCCCCNCCC(C)S. The van der Waals surface area contributed by atoms with Crippen LogP contribution in [0.25, 0.3) is 0 Å². The highest BCUT2D eigenvalue weighted by molar-refractivity contribution is 7.80. The molecule has 0 radical (unpaired) electrons. The van der Waals surface area contributed by atoms with Gasteiger partial charge in [0.25, 0.3) is 0 Å². The van der Waals surface area contributed by atoms with Gasteiger partial charge < -0.3 is 11.1 Å². The Kier molecular flexibility index (Phi) is 21.2. The Labute approximate surface area is 137 Å². The van der Waals surface area contributed by atoms with Gasteiger partial charge in [0.2, 0.25) is 5.91 Å². The van der Waals surface area contributed by atoms with Gasteiger partial charge in [-0.25, -0.2) is 0 Å². The number of hydrogen-bond acceptors (Lipinski definition) is 3. The van der Waals surface area contributed by atoms with E-state index in [-0.39, 0.29) is 0 Å². The van der Waals surface area contributed by atoms with Crippen LogP contribution in [0.15, 0.2) is 12.7 Å². The minimum Gasteiger partial charge on any atom is -0.366 e. The quantitative estimate of drug-likeness (QED) is 0.272. The fourth-order valence-corrected chi connectivity index (χ4v) is 1.95. The van der Waals surface area contributed by atoms with Crippen molar-refractivity contribution in [3.63, 3.8) is 0 Å². The summed E-state index contributed by atoms with van der Waals surface area (Å²) in [6.07, 6.45) is 13.5. The summed E-state index contributed by atoms with van der Waals surface area (Å²) < 4.78 is 0. The van der Waals surface area contributed by atoms with Gasteiger partial charge in [0, 0.05) is 5.25 Å². The molecule has 0 fully saturated rings. The maximum atomic E-state index is 9.47. The number of thiol groups is 1. The first-order valence-electron chi connectivity index (χ1n) is 8.35. The first-order chi connectivity index (χ1) is 10.0. The van der Waals surface area contributed by atoms with Gasteiger partial charge in [0.15, 0.2) is 0 Å². The fraction of sp³-hybridized carbons (Fsp3) is 0.824. The molecule has 126 valence electrons. The summed E-state index contributed by atoms with van der Waals surface area (Å²) in [6, 6.07) is 0. The van der Waals surface area contributed by atoms with E-state index in [0.717, 1.165) is 12.6 Å². The predicted molar refractivity (Wildman–Crippen MR) is 97.9 cm³/mol. The molecule has 0 spiro atoms. The van der Waals surface area contributed by atoms with Gasteiger partial charge in [-0.15, -0.1) is 0 Å². The van der Waals surface area contributed by atoms with E-state index in [1.807, 2.05) is 0 Å². The molecule has 3 nitrogen and oxygen atoms in total. The van der Waals surface area contributed by atoms with E-state index in [2.05, 4.69) is 44.1 Å². The van der Waals surface area contributed by atoms with Crippen molar-refractivity contribution in [3.05, 3.63) is 12.7 Å². The van der Waals surface area contributed by atoms with Crippen LogP contribution in [-0.4, -0.2) is 24.2 Å². The van der Waals surface area contributed by atoms with Crippen LogP contribution in [0.5, 0.6) is 0 Å². The summed E-state index contributed by atoms with van der Waals surface area (Å²) in [5.74, 6) is -0.481. The smallest absolute Gasteiger partial charge is 0.240 e. The highest BCUT2D eigenvalue weighted by Gasteiger charge is 1.94. The zero-order chi connectivity index (χ0) is 16.3. The van der Waals surface area contributed by atoms with Crippen molar-refractivity contribution in [3.8, 4) is 0 Å². The van der Waals surface area contributed by atoms with Crippen LogP contribution >= 0.6 is 12.6 Å². The molecule has 21 heavy (non-hydrogen) atoms. The van der Waals surface area contributed by atoms with Crippen LogP contribution < -0.4 is 11.1 Å². The van der Waals surface area contributed by atoms with Gasteiger partial charge in [-0.05, 0) is 32.0 Å². The van der Waals surface area contributed by atoms with Gasteiger partial charge in [-0.1, -0.05) is 65.4 Å². The second-order valence-electron chi connectivity index (χ2n) is 5.47. The largest absolute Gasteiger partial charge is 0.366 e. The second-order valence-corrected chi connectivity index (χ2v) is 6.35. The van der Waals surface area contributed by atoms with Crippen molar-refractivity contribution >= 4 is 18.5 Å². The van der Waals surface area contributed by atoms with Gasteiger partial charge >= 0.3 is 0 Å². The number of amides is 1. The van der Waals surface area contributed by atoms with Crippen LogP contribution in [-0.2, 0) is 4.79 Å². The minimum atomic E-state index is -0.481. The average Bonchev–Trinajstić information content (AvgIpc) is 2.45. The molecule has 0 aromatic rings. The summed E-state index contributed by atoms with van der Waals surface area (Å²) in [6.45, 7) is 9.83. The molecule has 3 N–H and O–H groups in total. The molecular weight excluding hydrogens is 280 g/mol. The molecule has 0 bridgehead atoms. The lowest BCUT2D eigenvalue weighted by molar-refractivity contribution is -0.113. The van der Waals surface area contributed by atoms with E-state index < -0.39 is 5.91 Å². The first kappa shape index (κ1) is 22.8. The van der Waals surface area contributed by atoms with Crippen LogP contribution in [0.2, 0.25) is 0 Å². The molecule has 1 atom stereocenters. The number of hydrogen-bond donors (Lipinski definition) is 3. The minimum absolute atomic E-state index is 0.481. The Morgan fingerprint density at radius 3 is 2.05 bits per heavy atom. The van der Waals surface area contributed by atoms with Crippen molar-refractivity contribution in [1.82, 2.24) is 5.32 Å². The van der Waals surface area contributed by atoms with Crippen molar-refractivity contribution < 1.29 is 4.79 Å². The number of primary amides is 1. The summed E-state index contributed by atoms with van der Waals surface area (Å²) in [4.78, 5) is 9.47. The van der Waals surface area contributed by atoms with Crippen LogP contribution in [0.1, 0.15) is 71.6 Å². The second kappa shape index (κ2) is 19.5. The molecule has 0 heterocycles. The lowest BCUT2D eigenvalue weighted by atomic mass is 10.1. The molecule has 0 saturated carbocycles. The van der Waals surface area contributed by atoms with Crippen molar-refractivity contribution in [1.29, 1.82) is 0 Å². The molecule has 0 aromatic heterocycles. The van der Waals surface area contributed by atoms with Crippen molar-refractivity contribution in [2.45, 2.75) is 76.9 Å². The van der Waals surface area contributed by atoms with E-state index >= 15 is 0 Å². The molecule has 0 aromatic carbocycles. The predicted octanol–water partition coefficient (Wildman–Crippen LogP) is 4.08. The monoisotopic (exact) mass is 316 g/mol. The molecule has 1 amide bonds. The summed E-state index contributed by atoms with van der Waals surface area (Å²) in [7, 11) is 0. The Morgan fingerprint density at radius 2 is 1.62 bits per heavy atom. The Bertz CT molecular complexity index is 233. The van der Waals surface area contributed by atoms with Crippen LogP contribution in [0.4, 0.5) is 0 Å². The molecule has 4 heteroatoms. The number of rotatable bonds is 13. The Hall–Kier alpha value is -0.480. The summed E-state index contributed by atoms with van der Waals surface area (Å²) in [5.41, 5.74) is 4.53. The Balaban J connectivity index is 0. The molecule has 0 aliphatic carbocycles. The van der Waals surface area contributed by atoms with Gasteiger partial charge in [0.05, 0.1) is 0 Å². The number of nitrogens with two attached hydrogens (primary N) is 1. The third-order valence-corrected chi connectivity index (χ3v) is 3.41. The van der Waals surface area contributed by atoms with Crippen molar-refractivity contribution in [2.24, 2.45) is 5.73 Å². The number of carbonyl (C=O) groups excluding carboxylic acids is 1. The Morgan fingerprint density at radius 1 is 1.14 bits per heavy atom. The van der Waals surface area contributed by atoms with Gasteiger partial charge in [0.1, 0.15) is 0 Å². The number of carbonyl (C=O) groups is 1. The lowest BCUT2D eigenvalue weighted by Gasteiger charge is -2.06. The third kappa shape index (κ3) is 28.4. The summed E-state index contributed by atoms with van der Waals surface area (Å²) >= 11 is 4.36. The van der Waals surface area contributed by atoms with E-state index in [9.17, 15) is 4.79 Å². The van der Waals surface area contributed by atoms with E-state index in [1.54, 1.807) is 0 Å². The van der Waals surface area contributed by atoms with E-state index in [1.165, 1.54) is 64.3 Å². The standard InChI is InChI=1S/C14H31NS.C3H5NO/c1-3-4-5-6-7-8-9-10-12-15-13-11-14(2)16;1-2-3(4)5/h14-16H,3-13H2,1-2H3;2H,1H2,(H2,4,5). The molecule has 0 rings (SSSR count). The summed E-state index contributed by atoms with van der Waals surface area (Å²) in [5, 5.41) is 4.01.